The van der Waals surface area contributed by atoms with Crippen LogP contribution in [0.4, 0.5) is 0 Å². The molecule has 0 fully saturated rings. The van der Waals surface area contributed by atoms with Gasteiger partial charge in [0.05, 0.1) is 0 Å². The largest absolute Gasteiger partial charge is 2.00 e. The molecule has 0 aromatic rings. The Balaban J connectivity index is -0.0000000501. The van der Waals surface area contributed by atoms with Crippen LogP contribution in [0.1, 0.15) is 26.7 Å². The van der Waals surface area contributed by atoms with Crippen LogP contribution in [0.25, 0.3) is 0 Å². The monoisotopic (exact) mass is 409 g/mol. The van der Waals surface area contributed by atoms with Gasteiger partial charge in [0.2, 0.25) is 0 Å². The summed E-state index contributed by atoms with van der Waals surface area (Å²) in [4.78, 5) is 9.35. The fraction of sp³-hybridized carbons (Fsp3) is 0.600. The molecule has 3 heteroatoms. The zero-order valence-electron chi connectivity index (χ0n) is 9.18. The molecule has 0 aliphatic carbocycles. The molecule has 0 aromatic heterocycles. The number of allylic oxidation sites excluding steroid dienone is 2. The second kappa shape index (κ2) is 39.3. The molecular weight excluding hydrogens is 388 g/mol. The second-order valence-corrected chi connectivity index (χ2v) is 1.93. The van der Waals surface area contributed by atoms with Crippen molar-refractivity contribution in [3.63, 3.8) is 0 Å². The molecule has 0 spiro atoms. The van der Waals surface area contributed by atoms with Crippen molar-refractivity contribution >= 4 is 6.29 Å². The molecule has 13 heavy (non-hydrogen) atoms. The number of carbonyl (C=O) groups excluding carboxylic acids is 1. The van der Waals surface area contributed by atoms with E-state index < -0.39 is 0 Å². The summed E-state index contributed by atoms with van der Waals surface area (Å²) in [6.45, 7) is 7.47. The third-order valence-corrected chi connectivity index (χ3v) is 0.422. The van der Waals surface area contributed by atoms with Crippen molar-refractivity contribution in [2.45, 2.75) is 26.7 Å². The number of hydrogen-bond donors (Lipinski definition) is 1. The molecule has 0 saturated heterocycles. The molecule has 0 rings (SSSR count). The minimum absolute atomic E-state index is 0. The van der Waals surface area contributed by atoms with Crippen LogP contribution in [-0.4, -0.2) is 20.4 Å². The van der Waals surface area contributed by atoms with E-state index in [4.69, 9.17) is 0 Å². The van der Waals surface area contributed by atoms with E-state index in [0.717, 1.165) is 12.8 Å². The summed E-state index contributed by atoms with van der Waals surface area (Å²) < 4.78 is 0. The van der Waals surface area contributed by atoms with Crippen LogP contribution < -0.4 is 5.32 Å². The molecule has 2 nitrogen and oxygen atoms in total. The second-order valence-electron chi connectivity index (χ2n) is 1.93. The Bertz CT molecular complexity index is 83.0. The van der Waals surface area contributed by atoms with Crippen molar-refractivity contribution in [1.82, 2.24) is 5.32 Å². The molecule has 0 amide bonds. The van der Waals surface area contributed by atoms with Crippen LogP contribution in [0, 0.1) is 38.0 Å². The number of rotatable bonds is 2. The van der Waals surface area contributed by atoms with Crippen LogP contribution in [0.3, 0.4) is 0 Å². The summed E-state index contributed by atoms with van der Waals surface area (Å²) in [6.07, 6.45) is 6.68. The van der Waals surface area contributed by atoms with E-state index in [1.165, 1.54) is 6.08 Å². The van der Waals surface area contributed by atoms with Gasteiger partial charge >= 0.3 is 31.1 Å². The average molecular weight is 409 g/mol. The molecule has 0 bridgehead atoms. The van der Waals surface area contributed by atoms with E-state index in [9.17, 15) is 4.79 Å². The van der Waals surface area contributed by atoms with E-state index in [-0.39, 0.29) is 31.1 Å². The molecule has 1 N–H and O–H groups in total. The van der Waals surface area contributed by atoms with Gasteiger partial charge in [-0.1, -0.05) is 13.8 Å². The number of nitrogens with one attached hydrogen (secondary N) is 1. The van der Waals surface area contributed by atoms with Crippen LogP contribution in [0.2, 0.25) is 0 Å². The van der Waals surface area contributed by atoms with Crippen molar-refractivity contribution < 1.29 is 35.9 Å². The third kappa shape index (κ3) is 115. The van der Waals surface area contributed by atoms with E-state index in [1.54, 1.807) is 12.4 Å². The summed E-state index contributed by atoms with van der Waals surface area (Å²) in [7, 11) is 3.75. The van der Waals surface area contributed by atoms with Crippen molar-refractivity contribution in [1.29, 1.82) is 0 Å². The minimum atomic E-state index is 0. The van der Waals surface area contributed by atoms with Gasteiger partial charge in [0, 0.05) is 0 Å². The first-order valence-corrected chi connectivity index (χ1v) is 4.15. The molecule has 0 heterocycles. The van der Waals surface area contributed by atoms with Crippen molar-refractivity contribution in [3.8, 4) is 0 Å². The standard InChI is InChI=1S/C5H7O.C3H7.C2H7N.U/c1-2-3-4-5-6;2*1-3-2;/h3-4H,2H2,1H3;1,3H2,2H3;3H,1-2H3;/q2*-1;;+2/b4-3+;;;. The topological polar surface area (TPSA) is 29.1 Å². The first kappa shape index (κ1) is 23.3. The summed E-state index contributed by atoms with van der Waals surface area (Å²) in [5.74, 6) is 0. The van der Waals surface area contributed by atoms with Gasteiger partial charge in [-0.25, -0.2) is 6.08 Å². The number of hydrogen-bond acceptors (Lipinski definition) is 2. The van der Waals surface area contributed by atoms with Crippen molar-refractivity contribution in [2.75, 3.05) is 14.1 Å². The Hall–Kier alpha value is 0.422. The summed E-state index contributed by atoms with van der Waals surface area (Å²) >= 11 is 0. The normalized spacial score (nSPS) is 7.15. The maximum atomic E-state index is 9.35. The Morgan fingerprint density at radius 1 is 1.38 bits per heavy atom. The fourth-order valence-electron chi connectivity index (χ4n) is 0.166. The zero-order valence-corrected chi connectivity index (χ0v) is 13.3. The molecule has 0 aliphatic heterocycles. The van der Waals surface area contributed by atoms with E-state index in [2.05, 4.69) is 12.2 Å². The molecule has 0 unspecified atom stereocenters. The summed E-state index contributed by atoms with van der Waals surface area (Å²) in [5.41, 5.74) is 0. The maximum absolute atomic E-state index is 9.35. The summed E-state index contributed by atoms with van der Waals surface area (Å²) in [6, 6.07) is 0. The maximum Gasteiger partial charge on any atom is 2.00 e. The van der Waals surface area contributed by atoms with Gasteiger partial charge in [0.15, 0.2) is 0 Å². The summed E-state index contributed by atoms with van der Waals surface area (Å²) in [5, 5.41) is 2.75. The molecule has 76 valence electrons. The Kier molecular flexibility index (Phi) is 70.5. The van der Waals surface area contributed by atoms with E-state index >= 15 is 0 Å². The molecule has 0 aliphatic rings. The average Bonchev–Trinajstić information content (AvgIpc) is 2.04. The van der Waals surface area contributed by atoms with Gasteiger partial charge in [0.1, 0.15) is 0 Å². The SMILES string of the molecule is CC/C=C/[C-]=O.CNC.[CH2-]CC.[U+2]. The quantitative estimate of drug-likeness (QED) is 0.560. The molecular formula is C10H21NOU. The van der Waals surface area contributed by atoms with Gasteiger partial charge in [-0.15, -0.1) is 6.42 Å². The van der Waals surface area contributed by atoms with E-state index in [0.29, 0.717) is 0 Å². The molecule has 0 atom stereocenters. The third-order valence-electron chi connectivity index (χ3n) is 0.422. The first-order chi connectivity index (χ1) is 5.74. The zero-order chi connectivity index (χ0) is 10.2. The Morgan fingerprint density at radius 2 is 1.69 bits per heavy atom. The predicted octanol–water partition coefficient (Wildman–Crippen LogP) is 2.13. The first-order valence-electron chi connectivity index (χ1n) is 4.15. The van der Waals surface area contributed by atoms with Crippen LogP contribution >= 0.6 is 0 Å². The van der Waals surface area contributed by atoms with Crippen LogP contribution in [0.15, 0.2) is 12.2 Å². The van der Waals surface area contributed by atoms with Gasteiger partial charge in [-0.05, 0) is 20.4 Å². The van der Waals surface area contributed by atoms with Gasteiger partial charge in [-0.3, -0.25) is 0 Å². The molecule has 0 aromatic carbocycles. The minimum Gasteiger partial charge on any atom is -0.419 e. The molecule has 0 saturated carbocycles. The smallest absolute Gasteiger partial charge is 0.419 e. The van der Waals surface area contributed by atoms with Crippen molar-refractivity contribution in [3.05, 3.63) is 19.1 Å². The fourth-order valence-corrected chi connectivity index (χ4v) is 0.166. The van der Waals surface area contributed by atoms with Crippen molar-refractivity contribution in [2.24, 2.45) is 0 Å². The van der Waals surface area contributed by atoms with Crippen LogP contribution in [-0.2, 0) is 4.79 Å². The van der Waals surface area contributed by atoms with Crippen LogP contribution in [0.5, 0.6) is 0 Å². The Morgan fingerprint density at radius 3 is 1.77 bits per heavy atom. The van der Waals surface area contributed by atoms with Gasteiger partial charge in [0.25, 0.3) is 0 Å². The van der Waals surface area contributed by atoms with Gasteiger partial charge < -0.3 is 17.0 Å². The Labute approximate surface area is 107 Å². The predicted molar refractivity (Wildman–Crippen MR) is 55.8 cm³/mol. The molecule has 0 radical (unpaired) electrons. The van der Waals surface area contributed by atoms with Gasteiger partial charge in [-0.2, -0.15) is 12.5 Å². The van der Waals surface area contributed by atoms with E-state index in [1.807, 2.05) is 27.9 Å².